The highest BCUT2D eigenvalue weighted by molar-refractivity contribution is 5.33. The number of H-pyrrole nitrogens is 1. The van der Waals surface area contributed by atoms with Crippen LogP contribution in [0.1, 0.15) is 18.3 Å². The van der Waals surface area contributed by atoms with Gasteiger partial charge in [-0.2, -0.15) is 0 Å². The Kier molecular flexibility index (Phi) is 2.66. The Morgan fingerprint density at radius 2 is 2.00 bits per heavy atom. The highest BCUT2D eigenvalue weighted by Gasteiger charge is 2.27. The van der Waals surface area contributed by atoms with Crippen LogP contribution >= 0.6 is 0 Å². The smallest absolute Gasteiger partial charge is 0.144 e. The molecule has 1 heterocycles. The van der Waals surface area contributed by atoms with Crippen LogP contribution in [0.2, 0.25) is 0 Å². The molecule has 2 aromatic rings. The van der Waals surface area contributed by atoms with Gasteiger partial charge in [0.2, 0.25) is 0 Å². The van der Waals surface area contributed by atoms with E-state index in [1.807, 2.05) is 24.3 Å². The van der Waals surface area contributed by atoms with Crippen molar-refractivity contribution in [2.75, 3.05) is 7.11 Å². The van der Waals surface area contributed by atoms with Crippen molar-refractivity contribution in [2.45, 2.75) is 12.5 Å². The summed E-state index contributed by atoms with van der Waals surface area (Å²) in [7, 11) is 1.61. The highest BCUT2D eigenvalue weighted by Crippen LogP contribution is 2.27. The molecule has 0 bridgehead atoms. The molecule has 0 fully saturated rings. The number of rotatable bonds is 3. The minimum absolute atomic E-state index is 0.526. The number of imidazole rings is 1. The minimum atomic E-state index is -1.12. The molecule has 0 aliphatic heterocycles. The molecule has 1 unspecified atom stereocenters. The van der Waals surface area contributed by atoms with E-state index in [0.717, 1.165) is 11.3 Å². The van der Waals surface area contributed by atoms with Crippen molar-refractivity contribution in [3.8, 4) is 5.75 Å². The zero-order valence-corrected chi connectivity index (χ0v) is 9.27. The number of aromatic nitrogens is 2. The summed E-state index contributed by atoms with van der Waals surface area (Å²) >= 11 is 0. The van der Waals surface area contributed by atoms with Crippen LogP contribution in [0.15, 0.2) is 36.7 Å². The molecular formula is C12H14N2O2. The van der Waals surface area contributed by atoms with Crippen molar-refractivity contribution in [2.24, 2.45) is 0 Å². The Labute approximate surface area is 93.9 Å². The molecule has 2 rings (SSSR count). The van der Waals surface area contributed by atoms with Crippen LogP contribution in [0, 0.1) is 0 Å². The first-order valence-corrected chi connectivity index (χ1v) is 5.01. The van der Waals surface area contributed by atoms with E-state index in [2.05, 4.69) is 9.97 Å². The number of hydrogen-bond acceptors (Lipinski definition) is 3. The Morgan fingerprint density at radius 3 is 2.50 bits per heavy atom. The molecule has 0 aliphatic rings. The SMILES string of the molecule is COc1ccc(C(C)(O)c2ncc[nH]2)cc1. The first kappa shape index (κ1) is 10.7. The van der Waals surface area contributed by atoms with Gasteiger partial charge in [-0.1, -0.05) is 12.1 Å². The normalized spacial score (nSPS) is 14.4. The maximum atomic E-state index is 10.4. The lowest BCUT2D eigenvalue weighted by atomic mass is 9.95. The Balaban J connectivity index is 2.35. The minimum Gasteiger partial charge on any atom is -0.497 e. The van der Waals surface area contributed by atoms with Crippen LogP contribution in [0.25, 0.3) is 0 Å². The Morgan fingerprint density at radius 1 is 1.31 bits per heavy atom. The molecule has 1 aromatic carbocycles. The maximum absolute atomic E-state index is 10.4. The van der Waals surface area contributed by atoms with Gasteiger partial charge in [-0.25, -0.2) is 4.98 Å². The van der Waals surface area contributed by atoms with Gasteiger partial charge in [0.1, 0.15) is 17.2 Å². The van der Waals surface area contributed by atoms with E-state index in [9.17, 15) is 5.11 Å². The molecule has 4 heteroatoms. The Hall–Kier alpha value is -1.81. The monoisotopic (exact) mass is 218 g/mol. The van der Waals surface area contributed by atoms with Gasteiger partial charge in [-0.15, -0.1) is 0 Å². The fraction of sp³-hybridized carbons (Fsp3) is 0.250. The number of ether oxygens (including phenoxy) is 1. The molecule has 84 valence electrons. The summed E-state index contributed by atoms with van der Waals surface area (Å²) in [5, 5.41) is 10.4. The van der Waals surface area contributed by atoms with Gasteiger partial charge >= 0.3 is 0 Å². The number of aromatic amines is 1. The van der Waals surface area contributed by atoms with Gasteiger partial charge in [-0.3, -0.25) is 0 Å². The van der Waals surface area contributed by atoms with E-state index in [1.165, 1.54) is 0 Å². The second-order valence-electron chi connectivity index (χ2n) is 3.74. The first-order chi connectivity index (χ1) is 7.64. The fourth-order valence-corrected chi connectivity index (χ4v) is 1.58. The summed E-state index contributed by atoms with van der Waals surface area (Å²) in [5.74, 6) is 1.29. The van der Waals surface area contributed by atoms with Crippen molar-refractivity contribution >= 4 is 0 Å². The molecule has 1 aromatic heterocycles. The number of hydrogen-bond donors (Lipinski definition) is 2. The lowest BCUT2D eigenvalue weighted by Gasteiger charge is -2.21. The third-order valence-corrected chi connectivity index (χ3v) is 2.61. The van der Waals surface area contributed by atoms with Crippen molar-refractivity contribution in [1.82, 2.24) is 9.97 Å². The van der Waals surface area contributed by atoms with Gasteiger partial charge in [0.25, 0.3) is 0 Å². The fourth-order valence-electron chi connectivity index (χ4n) is 1.58. The zero-order chi connectivity index (χ0) is 11.6. The molecular weight excluding hydrogens is 204 g/mol. The summed E-state index contributed by atoms with van der Waals surface area (Å²) in [6, 6.07) is 7.27. The van der Waals surface area contributed by atoms with Gasteiger partial charge in [0.15, 0.2) is 0 Å². The molecule has 1 atom stereocenters. The molecule has 0 saturated heterocycles. The maximum Gasteiger partial charge on any atom is 0.144 e. The van der Waals surface area contributed by atoms with Crippen LogP contribution < -0.4 is 4.74 Å². The average Bonchev–Trinajstić information content (AvgIpc) is 2.83. The summed E-state index contributed by atoms with van der Waals surface area (Å²) in [6.45, 7) is 1.70. The van der Waals surface area contributed by atoms with Gasteiger partial charge in [0.05, 0.1) is 7.11 Å². The third-order valence-electron chi connectivity index (χ3n) is 2.61. The van der Waals surface area contributed by atoms with Crippen molar-refractivity contribution in [3.05, 3.63) is 48.0 Å². The zero-order valence-electron chi connectivity index (χ0n) is 9.27. The molecule has 16 heavy (non-hydrogen) atoms. The van der Waals surface area contributed by atoms with Gasteiger partial charge < -0.3 is 14.8 Å². The van der Waals surface area contributed by atoms with Gasteiger partial charge in [0, 0.05) is 12.4 Å². The average molecular weight is 218 g/mol. The number of methoxy groups -OCH3 is 1. The molecule has 0 saturated carbocycles. The van der Waals surface area contributed by atoms with Crippen molar-refractivity contribution in [3.63, 3.8) is 0 Å². The highest BCUT2D eigenvalue weighted by atomic mass is 16.5. The predicted octanol–water partition coefficient (Wildman–Crippen LogP) is 1.67. The molecule has 0 amide bonds. The standard InChI is InChI=1S/C12H14N2O2/c1-12(15,11-13-7-8-14-11)9-3-5-10(16-2)6-4-9/h3-8,15H,1-2H3,(H,13,14). The third kappa shape index (κ3) is 1.79. The van der Waals surface area contributed by atoms with E-state index < -0.39 is 5.60 Å². The largest absolute Gasteiger partial charge is 0.497 e. The Bertz CT molecular complexity index is 446. The molecule has 0 spiro atoms. The molecule has 0 radical (unpaired) electrons. The lowest BCUT2D eigenvalue weighted by molar-refractivity contribution is 0.0931. The van der Waals surface area contributed by atoms with E-state index in [1.54, 1.807) is 26.4 Å². The van der Waals surface area contributed by atoms with Crippen LogP contribution in [0.3, 0.4) is 0 Å². The van der Waals surface area contributed by atoms with E-state index in [-0.39, 0.29) is 0 Å². The summed E-state index contributed by atoms with van der Waals surface area (Å²) in [5.41, 5.74) is -0.348. The number of nitrogens with zero attached hydrogens (tertiary/aromatic N) is 1. The first-order valence-electron chi connectivity index (χ1n) is 5.01. The second kappa shape index (κ2) is 3.98. The number of nitrogens with one attached hydrogen (secondary N) is 1. The molecule has 2 N–H and O–H groups in total. The van der Waals surface area contributed by atoms with E-state index in [4.69, 9.17) is 4.74 Å². The second-order valence-corrected chi connectivity index (χ2v) is 3.74. The predicted molar refractivity (Wildman–Crippen MR) is 60.3 cm³/mol. The van der Waals surface area contributed by atoms with Crippen molar-refractivity contribution in [1.29, 1.82) is 0 Å². The van der Waals surface area contributed by atoms with E-state index in [0.29, 0.717) is 5.82 Å². The summed E-state index contributed by atoms with van der Waals surface area (Å²) in [6.07, 6.45) is 3.31. The quantitative estimate of drug-likeness (QED) is 0.824. The van der Waals surface area contributed by atoms with Crippen LogP contribution in [-0.4, -0.2) is 22.2 Å². The number of aliphatic hydroxyl groups is 1. The van der Waals surface area contributed by atoms with Crippen LogP contribution in [0.5, 0.6) is 5.75 Å². The van der Waals surface area contributed by atoms with Gasteiger partial charge in [-0.05, 0) is 24.6 Å². The molecule has 0 aliphatic carbocycles. The lowest BCUT2D eigenvalue weighted by Crippen LogP contribution is -2.24. The van der Waals surface area contributed by atoms with Crippen LogP contribution in [0.4, 0.5) is 0 Å². The van der Waals surface area contributed by atoms with Crippen LogP contribution in [-0.2, 0) is 5.60 Å². The van der Waals surface area contributed by atoms with Crippen molar-refractivity contribution < 1.29 is 9.84 Å². The topological polar surface area (TPSA) is 58.1 Å². The summed E-state index contributed by atoms with van der Waals surface area (Å²) in [4.78, 5) is 6.98. The van der Waals surface area contributed by atoms with E-state index >= 15 is 0 Å². The summed E-state index contributed by atoms with van der Waals surface area (Å²) < 4.78 is 5.07. The number of benzene rings is 1. The molecule has 4 nitrogen and oxygen atoms in total.